The number of benzene rings is 1. The highest BCUT2D eigenvalue weighted by Gasteiger charge is 2.36. The molecule has 0 spiro atoms. The molecule has 0 atom stereocenters. The fourth-order valence-corrected chi connectivity index (χ4v) is 3.34. The van der Waals surface area contributed by atoms with Gasteiger partial charge in [-0.15, -0.1) is 0 Å². The van der Waals surface area contributed by atoms with Crippen LogP contribution < -0.4 is 15.6 Å². The molecule has 0 saturated carbocycles. The molecule has 3 rings (SSSR count). The monoisotopic (exact) mass is 418 g/mol. The number of carbonyl (C=O) groups is 1. The molecule has 1 aromatic heterocycles. The Morgan fingerprint density at radius 2 is 2.08 bits per heavy atom. The van der Waals surface area contributed by atoms with Gasteiger partial charge < -0.3 is 14.8 Å². The van der Waals surface area contributed by atoms with Gasteiger partial charge in [0.05, 0.1) is 12.8 Å². The van der Waals surface area contributed by atoms with E-state index in [1.54, 1.807) is 22.9 Å². The summed E-state index contributed by atoms with van der Waals surface area (Å²) >= 11 is 3.48. The maximum Gasteiger partial charge on any atom is 0.407 e. The highest BCUT2D eigenvalue weighted by molar-refractivity contribution is 9.10. The lowest BCUT2D eigenvalue weighted by atomic mass is 9.89. The molecule has 7 heteroatoms. The summed E-state index contributed by atoms with van der Waals surface area (Å²) in [6.07, 6.45) is 1.16. The maximum atomic E-state index is 12.5. The molecule has 2 aromatic rings. The molecule has 0 bridgehead atoms. The van der Waals surface area contributed by atoms with Gasteiger partial charge in [0.15, 0.2) is 0 Å². The van der Waals surface area contributed by atoms with Gasteiger partial charge in [0.2, 0.25) is 0 Å². The van der Waals surface area contributed by atoms with Crippen molar-refractivity contribution in [3.05, 3.63) is 68.6 Å². The van der Waals surface area contributed by atoms with Gasteiger partial charge in [-0.1, -0.05) is 22.0 Å². The van der Waals surface area contributed by atoms with Gasteiger partial charge >= 0.3 is 6.09 Å². The lowest BCUT2D eigenvalue weighted by molar-refractivity contribution is 0.138. The number of methoxy groups -OCH3 is 1. The molecule has 0 radical (unpaired) electrons. The molecule has 0 fully saturated rings. The second-order valence-electron chi connectivity index (χ2n) is 6.33. The number of rotatable bonds is 3. The number of aromatic nitrogens is 1. The molecule has 1 aliphatic rings. The Morgan fingerprint density at radius 1 is 1.31 bits per heavy atom. The van der Waals surface area contributed by atoms with Crippen LogP contribution in [0.15, 0.2) is 57.4 Å². The summed E-state index contributed by atoms with van der Waals surface area (Å²) in [6.45, 7) is 3.99. The van der Waals surface area contributed by atoms with E-state index in [9.17, 15) is 9.59 Å². The van der Waals surface area contributed by atoms with Gasteiger partial charge in [-0.3, -0.25) is 9.36 Å². The number of nitrogens with zero attached hydrogens (tertiary/aromatic N) is 1. The zero-order chi connectivity index (χ0) is 18.9. The van der Waals surface area contributed by atoms with Gasteiger partial charge in [0, 0.05) is 34.4 Å². The fraction of sp³-hybridized carbons (Fsp3) is 0.263. The molecule has 0 unspecified atom stereocenters. The van der Waals surface area contributed by atoms with Crippen molar-refractivity contribution in [1.29, 1.82) is 0 Å². The summed E-state index contributed by atoms with van der Waals surface area (Å²) in [5.41, 5.74) is 1.34. The molecule has 1 aliphatic heterocycles. The molecule has 6 nitrogen and oxygen atoms in total. The van der Waals surface area contributed by atoms with Crippen LogP contribution in [0.25, 0.3) is 5.70 Å². The van der Waals surface area contributed by atoms with Crippen LogP contribution in [0.3, 0.4) is 0 Å². The van der Waals surface area contributed by atoms with Gasteiger partial charge in [0.25, 0.3) is 5.56 Å². The first-order chi connectivity index (χ1) is 12.3. The summed E-state index contributed by atoms with van der Waals surface area (Å²) in [4.78, 5) is 24.1. The average molecular weight is 419 g/mol. The minimum Gasteiger partial charge on any atom is -0.483 e. The molecule has 0 aliphatic carbocycles. The van der Waals surface area contributed by atoms with E-state index in [1.807, 2.05) is 32.0 Å². The number of hydrogen-bond acceptors (Lipinski definition) is 4. The highest BCUT2D eigenvalue weighted by atomic mass is 79.9. The molecule has 2 heterocycles. The molecule has 136 valence electrons. The first-order valence-electron chi connectivity index (χ1n) is 8.06. The van der Waals surface area contributed by atoms with Crippen molar-refractivity contribution in [2.75, 3.05) is 13.7 Å². The second-order valence-corrected chi connectivity index (χ2v) is 7.25. The lowest BCUT2D eigenvalue weighted by Gasteiger charge is -2.37. The summed E-state index contributed by atoms with van der Waals surface area (Å²) in [6, 6.07) is 10.6. The van der Waals surface area contributed by atoms with E-state index < -0.39 is 11.7 Å². The Hall–Kier alpha value is -2.54. The van der Waals surface area contributed by atoms with E-state index in [4.69, 9.17) is 4.74 Å². The van der Waals surface area contributed by atoms with Crippen molar-refractivity contribution in [2.24, 2.45) is 0 Å². The zero-order valence-electron chi connectivity index (χ0n) is 14.7. The van der Waals surface area contributed by atoms with E-state index in [0.29, 0.717) is 11.4 Å². The van der Waals surface area contributed by atoms with E-state index in [2.05, 4.69) is 26.0 Å². The molecule has 1 N–H and O–H groups in total. The summed E-state index contributed by atoms with van der Waals surface area (Å²) in [7, 11) is 1.31. The van der Waals surface area contributed by atoms with Gasteiger partial charge in [-0.25, -0.2) is 4.79 Å². The predicted molar refractivity (Wildman–Crippen MR) is 102 cm³/mol. The fourth-order valence-electron chi connectivity index (χ4n) is 2.98. The van der Waals surface area contributed by atoms with E-state index in [-0.39, 0.29) is 12.1 Å². The zero-order valence-corrected chi connectivity index (χ0v) is 16.3. The number of amides is 1. The Kier molecular flexibility index (Phi) is 4.91. The highest BCUT2D eigenvalue weighted by Crippen LogP contribution is 2.41. The number of nitrogens with one attached hydrogen (secondary N) is 1. The van der Waals surface area contributed by atoms with E-state index in [0.717, 1.165) is 15.6 Å². The van der Waals surface area contributed by atoms with Crippen LogP contribution in [-0.4, -0.2) is 29.9 Å². The SMILES string of the molecule is COC(=O)NCC1=C(n2ccccc2=O)c2cc(Br)ccc2OC1(C)C. The van der Waals surface area contributed by atoms with E-state index >= 15 is 0 Å². The van der Waals surface area contributed by atoms with Crippen molar-refractivity contribution in [1.82, 2.24) is 9.88 Å². The standard InChI is InChI=1S/C19H19BrN2O4/c1-19(2)14(11-21-18(24)25-3)17(22-9-5-4-6-16(22)23)13-10-12(20)7-8-15(13)26-19/h4-10H,11H2,1-3H3,(H,21,24). The quantitative estimate of drug-likeness (QED) is 0.828. The van der Waals surface area contributed by atoms with E-state index in [1.165, 1.54) is 13.2 Å². The topological polar surface area (TPSA) is 69.6 Å². The number of halogens is 1. The number of hydrogen-bond donors (Lipinski definition) is 1. The van der Waals surface area contributed by atoms with Gasteiger partial charge in [-0.05, 0) is 38.1 Å². The van der Waals surface area contributed by atoms with Crippen molar-refractivity contribution in [2.45, 2.75) is 19.4 Å². The van der Waals surface area contributed by atoms with Crippen LogP contribution in [0, 0.1) is 0 Å². The Balaban J connectivity index is 2.27. The van der Waals surface area contributed by atoms with Crippen LogP contribution >= 0.6 is 15.9 Å². The molecule has 26 heavy (non-hydrogen) atoms. The normalized spacial score (nSPS) is 15.1. The lowest BCUT2D eigenvalue weighted by Crippen LogP contribution is -2.42. The summed E-state index contributed by atoms with van der Waals surface area (Å²) in [5.74, 6) is 0.672. The Morgan fingerprint density at radius 3 is 2.77 bits per heavy atom. The van der Waals surface area contributed by atoms with Crippen LogP contribution in [0.1, 0.15) is 19.4 Å². The average Bonchev–Trinajstić information content (AvgIpc) is 2.60. The van der Waals surface area contributed by atoms with Crippen molar-refractivity contribution in [3.8, 4) is 5.75 Å². The van der Waals surface area contributed by atoms with Crippen molar-refractivity contribution >= 4 is 27.7 Å². The minimum atomic E-state index is -0.730. The maximum absolute atomic E-state index is 12.5. The Bertz CT molecular complexity index is 947. The van der Waals surface area contributed by atoms with Crippen LogP contribution in [0.4, 0.5) is 4.79 Å². The predicted octanol–water partition coefficient (Wildman–Crippen LogP) is 3.40. The number of fused-ring (bicyclic) bond motifs is 1. The first kappa shape index (κ1) is 18.3. The Labute approximate surface area is 159 Å². The third-order valence-corrected chi connectivity index (χ3v) is 4.73. The third-order valence-electron chi connectivity index (χ3n) is 4.23. The molecule has 1 amide bonds. The minimum absolute atomic E-state index is 0.165. The molecular weight excluding hydrogens is 400 g/mol. The molecule has 1 aromatic carbocycles. The summed E-state index contributed by atoms with van der Waals surface area (Å²) < 4.78 is 13.3. The van der Waals surface area contributed by atoms with Crippen molar-refractivity contribution < 1.29 is 14.3 Å². The second kappa shape index (κ2) is 6.99. The van der Waals surface area contributed by atoms with Crippen LogP contribution in [0.5, 0.6) is 5.75 Å². The van der Waals surface area contributed by atoms with Crippen LogP contribution in [-0.2, 0) is 4.74 Å². The molecular formula is C19H19BrN2O4. The first-order valence-corrected chi connectivity index (χ1v) is 8.85. The number of carbonyl (C=O) groups excluding carboxylic acids is 1. The number of alkyl carbamates (subject to hydrolysis) is 1. The van der Waals surface area contributed by atoms with Gasteiger partial charge in [0.1, 0.15) is 11.4 Å². The third kappa shape index (κ3) is 3.39. The largest absolute Gasteiger partial charge is 0.483 e. The smallest absolute Gasteiger partial charge is 0.407 e. The number of pyridine rings is 1. The number of ether oxygens (including phenoxy) is 2. The van der Waals surface area contributed by atoms with Gasteiger partial charge in [-0.2, -0.15) is 0 Å². The summed E-state index contributed by atoms with van der Waals surface area (Å²) in [5, 5.41) is 2.70. The van der Waals surface area contributed by atoms with Crippen molar-refractivity contribution in [3.63, 3.8) is 0 Å². The molecule has 0 saturated heterocycles. The van der Waals surface area contributed by atoms with Crippen LogP contribution in [0.2, 0.25) is 0 Å².